The van der Waals surface area contributed by atoms with Crippen LogP contribution in [-0.4, -0.2) is 51.6 Å². The maximum Gasteiger partial charge on any atom is 0.405 e. The Morgan fingerprint density at radius 3 is 2.44 bits per heavy atom. The van der Waals surface area contributed by atoms with E-state index in [2.05, 4.69) is 5.32 Å². The Morgan fingerprint density at radius 1 is 1.22 bits per heavy atom. The number of carboxylic acid groups (broad SMARTS) is 1. The van der Waals surface area contributed by atoms with Gasteiger partial charge in [0, 0.05) is 16.9 Å². The van der Waals surface area contributed by atoms with Crippen LogP contribution in [0.1, 0.15) is 25.8 Å². The van der Waals surface area contributed by atoms with Crippen molar-refractivity contribution in [3.8, 4) is 17.2 Å². The fourth-order valence-corrected chi connectivity index (χ4v) is 4.81. The minimum atomic E-state index is -1.34. The highest BCUT2D eigenvalue weighted by molar-refractivity contribution is 7.99. The number of nitriles is 1. The van der Waals surface area contributed by atoms with E-state index in [1.807, 2.05) is 60.7 Å². The van der Waals surface area contributed by atoms with Crippen LogP contribution in [-0.2, 0) is 10.5 Å². The lowest BCUT2D eigenvalue weighted by Gasteiger charge is -2.35. The maximum atomic E-state index is 13.8. The summed E-state index contributed by atoms with van der Waals surface area (Å²) in [5.74, 6) is -0.0170. The van der Waals surface area contributed by atoms with Crippen molar-refractivity contribution in [1.82, 2.24) is 10.2 Å². The van der Waals surface area contributed by atoms with Gasteiger partial charge in [0.15, 0.2) is 0 Å². The Hall–Kier alpha value is -3.05. The number of nitrogens with zero attached hydrogens (tertiary/aromatic N) is 2. The van der Waals surface area contributed by atoms with E-state index in [-0.39, 0.29) is 13.0 Å². The Bertz CT molecular complexity index is 992. The van der Waals surface area contributed by atoms with Gasteiger partial charge < -0.3 is 15.3 Å². The molecule has 0 aliphatic carbocycles. The number of carbonyl (C=O) groups is 2. The molecule has 0 radical (unpaired) electrons. The highest BCUT2D eigenvalue weighted by Crippen LogP contribution is 2.34. The number of amides is 2. The van der Waals surface area contributed by atoms with Gasteiger partial charge in [-0.15, -0.1) is 11.8 Å². The molecule has 1 fully saturated rings. The molecular weight excluding hydrogens is 429 g/mol. The molecule has 0 saturated carbocycles. The van der Waals surface area contributed by atoms with Crippen molar-refractivity contribution >= 4 is 23.8 Å². The van der Waals surface area contributed by atoms with Crippen molar-refractivity contribution in [2.75, 3.05) is 6.54 Å². The van der Waals surface area contributed by atoms with Gasteiger partial charge in [-0.1, -0.05) is 54.6 Å². The fourth-order valence-electron chi connectivity index (χ4n) is 3.75. The van der Waals surface area contributed by atoms with Crippen LogP contribution in [0.2, 0.25) is 0 Å². The van der Waals surface area contributed by atoms with Gasteiger partial charge in [0.25, 0.3) is 0 Å². The Kier molecular flexibility index (Phi) is 7.41. The van der Waals surface area contributed by atoms with E-state index in [1.54, 1.807) is 13.8 Å². The average molecular weight is 456 g/mol. The second kappa shape index (κ2) is 10.0. The minimum Gasteiger partial charge on any atom is -0.465 e. The molecule has 8 heteroatoms. The zero-order valence-corrected chi connectivity index (χ0v) is 18.8. The molecule has 0 aromatic heterocycles. The van der Waals surface area contributed by atoms with E-state index in [4.69, 9.17) is 0 Å². The quantitative estimate of drug-likeness (QED) is 0.643. The number of halogens is 1. The topological polar surface area (TPSA) is 93.4 Å². The van der Waals surface area contributed by atoms with Gasteiger partial charge in [0.2, 0.25) is 5.91 Å². The monoisotopic (exact) mass is 455 g/mol. The van der Waals surface area contributed by atoms with Crippen LogP contribution >= 0.6 is 11.8 Å². The standard InChI is InChI=1S/C24H26FN3O3S/c1-24(2,21(27-23(30)31)22(29)28-14-19(25)12-20(28)13-26)32-15-16-8-10-18(11-9-16)17-6-4-3-5-7-17/h3-11,19-21,27H,12,14-15H2,1-2H3,(H,30,31)/t19-,20-,21+/m0/s1. The summed E-state index contributed by atoms with van der Waals surface area (Å²) >= 11 is 1.43. The first-order valence-corrected chi connectivity index (χ1v) is 11.3. The molecule has 32 heavy (non-hydrogen) atoms. The van der Waals surface area contributed by atoms with Gasteiger partial charge in [-0.2, -0.15) is 5.26 Å². The number of likely N-dealkylation sites (tertiary alicyclic amines) is 1. The van der Waals surface area contributed by atoms with E-state index in [0.717, 1.165) is 21.6 Å². The second-order valence-electron chi connectivity index (χ2n) is 8.31. The first-order valence-electron chi connectivity index (χ1n) is 10.3. The number of benzene rings is 2. The highest BCUT2D eigenvalue weighted by atomic mass is 32.2. The van der Waals surface area contributed by atoms with Gasteiger partial charge in [-0.05, 0) is 30.5 Å². The predicted molar refractivity (Wildman–Crippen MR) is 123 cm³/mol. The third kappa shape index (κ3) is 5.60. The van der Waals surface area contributed by atoms with Gasteiger partial charge in [0.05, 0.1) is 12.6 Å². The zero-order valence-electron chi connectivity index (χ0n) is 18.0. The molecule has 1 saturated heterocycles. The predicted octanol–water partition coefficient (Wildman–Crippen LogP) is 4.46. The van der Waals surface area contributed by atoms with Gasteiger partial charge in [-0.25, -0.2) is 9.18 Å². The van der Waals surface area contributed by atoms with E-state index >= 15 is 0 Å². The van der Waals surface area contributed by atoms with Gasteiger partial charge in [0.1, 0.15) is 18.3 Å². The van der Waals surface area contributed by atoms with E-state index in [9.17, 15) is 24.3 Å². The minimum absolute atomic E-state index is 0.0522. The molecule has 6 nitrogen and oxygen atoms in total. The first-order chi connectivity index (χ1) is 15.2. The summed E-state index contributed by atoms with van der Waals surface area (Å²) in [5, 5.41) is 20.9. The normalized spacial score (nSPS) is 19.2. The largest absolute Gasteiger partial charge is 0.465 e. The average Bonchev–Trinajstić information content (AvgIpc) is 3.17. The molecule has 0 spiro atoms. The summed E-state index contributed by atoms with van der Waals surface area (Å²) in [6.07, 6.45) is -2.68. The first kappa shape index (κ1) is 23.6. The number of hydrogen-bond donors (Lipinski definition) is 2. The molecule has 0 bridgehead atoms. The van der Waals surface area contributed by atoms with Crippen LogP contribution in [0.15, 0.2) is 54.6 Å². The molecule has 2 N–H and O–H groups in total. The van der Waals surface area contributed by atoms with Crippen molar-refractivity contribution in [3.63, 3.8) is 0 Å². The third-order valence-corrected chi connectivity index (χ3v) is 7.02. The number of nitrogens with one attached hydrogen (secondary N) is 1. The highest BCUT2D eigenvalue weighted by Gasteiger charge is 2.44. The molecule has 1 aliphatic rings. The summed E-state index contributed by atoms with van der Waals surface area (Å²) in [7, 11) is 0. The van der Waals surface area contributed by atoms with Crippen LogP contribution in [0, 0.1) is 11.3 Å². The Morgan fingerprint density at radius 2 is 1.84 bits per heavy atom. The summed E-state index contributed by atoms with van der Waals surface area (Å²) < 4.78 is 13.0. The molecule has 2 aromatic carbocycles. The van der Waals surface area contributed by atoms with Crippen molar-refractivity contribution < 1.29 is 19.1 Å². The molecule has 3 atom stereocenters. The molecule has 1 aliphatic heterocycles. The van der Waals surface area contributed by atoms with E-state index in [0.29, 0.717) is 5.75 Å². The van der Waals surface area contributed by atoms with Crippen LogP contribution in [0.4, 0.5) is 9.18 Å². The summed E-state index contributed by atoms with van der Waals surface area (Å²) in [4.78, 5) is 25.7. The number of alkyl halides is 1. The van der Waals surface area contributed by atoms with Crippen LogP contribution in [0.3, 0.4) is 0 Å². The molecule has 2 aromatic rings. The number of hydrogen-bond acceptors (Lipinski definition) is 4. The third-order valence-electron chi connectivity index (χ3n) is 5.56. The fraction of sp³-hybridized carbons (Fsp3) is 0.375. The van der Waals surface area contributed by atoms with Crippen LogP contribution < -0.4 is 5.32 Å². The van der Waals surface area contributed by atoms with Crippen molar-refractivity contribution in [1.29, 1.82) is 5.26 Å². The van der Waals surface area contributed by atoms with Gasteiger partial charge >= 0.3 is 6.09 Å². The van der Waals surface area contributed by atoms with Crippen LogP contribution in [0.5, 0.6) is 0 Å². The lowest BCUT2D eigenvalue weighted by Crippen LogP contribution is -2.58. The maximum absolute atomic E-state index is 13.8. The van der Waals surface area contributed by atoms with Crippen LogP contribution in [0.25, 0.3) is 11.1 Å². The molecule has 1 heterocycles. The van der Waals surface area contributed by atoms with E-state index < -0.39 is 35.0 Å². The Labute approximate surface area is 191 Å². The lowest BCUT2D eigenvalue weighted by molar-refractivity contribution is -0.134. The van der Waals surface area contributed by atoms with Crippen molar-refractivity contribution in [2.24, 2.45) is 0 Å². The molecule has 0 unspecified atom stereocenters. The number of rotatable bonds is 7. The number of carbonyl (C=O) groups excluding carboxylic acids is 1. The smallest absolute Gasteiger partial charge is 0.405 e. The van der Waals surface area contributed by atoms with Crippen molar-refractivity contribution in [3.05, 3.63) is 60.2 Å². The second-order valence-corrected chi connectivity index (χ2v) is 9.94. The molecular formula is C24H26FN3O3S. The number of thioether (sulfide) groups is 1. The summed E-state index contributed by atoms with van der Waals surface area (Å²) in [5.41, 5.74) is 3.24. The van der Waals surface area contributed by atoms with Crippen molar-refractivity contribution in [2.45, 2.75) is 49.0 Å². The van der Waals surface area contributed by atoms with Gasteiger partial charge in [-0.3, -0.25) is 4.79 Å². The Balaban J connectivity index is 1.72. The SMILES string of the molecule is CC(C)(SCc1ccc(-c2ccccc2)cc1)[C@H](NC(=O)O)C(=O)N1C[C@@H](F)C[C@H]1C#N. The summed E-state index contributed by atoms with van der Waals surface area (Å²) in [6, 6.07) is 18.0. The molecule has 2 amide bonds. The molecule has 168 valence electrons. The lowest BCUT2D eigenvalue weighted by atomic mass is 10.0. The zero-order chi connectivity index (χ0) is 23.3. The summed E-state index contributed by atoms with van der Waals surface area (Å²) in [6.45, 7) is 3.36. The van der Waals surface area contributed by atoms with E-state index in [1.165, 1.54) is 11.8 Å². The molecule has 3 rings (SSSR count).